The van der Waals surface area contributed by atoms with Gasteiger partial charge in [-0.1, -0.05) is 6.07 Å². The lowest BCUT2D eigenvalue weighted by molar-refractivity contribution is -0.228. The van der Waals surface area contributed by atoms with E-state index in [-0.39, 0.29) is 11.1 Å². The molecule has 55 heavy (non-hydrogen) atoms. The van der Waals surface area contributed by atoms with Gasteiger partial charge in [-0.25, -0.2) is 9.59 Å². The van der Waals surface area contributed by atoms with Gasteiger partial charge in [-0.15, -0.1) is 0 Å². The molecule has 18 heteroatoms. The van der Waals surface area contributed by atoms with E-state index in [1.54, 1.807) is 6.92 Å². The highest BCUT2D eigenvalue weighted by molar-refractivity contribution is 6.53. The Balaban J connectivity index is 1.59. The molecule has 0 aromatic heterocycles. The minimum absolute atomic E-state index is 0.0318. The Labute approximate surface area is 312 Å². The van der Waals surface area contributed by atoms with Gasteiger partial charge < -0.3 is 54.0 Å². The maximum absolute atomic E-state index is 15.0. The van der Waals surface area contributed by atoms with Crippen LogP contribution < -0.4 is 4.74 Å². The van der Waals surface area contributed by atoms with E-state index in [0.717, 1.165) is 13.2 Å². The molecule has 8 unspecified atom stereocenters. The van der Waals surface area contributed by atoms with Crippen LogP contribution in [-0.4, -0.2) is 143 Å². The number of hydrogen-bond acceptors (Lipinski definition) is 17. The lowest BCUT2D eigenvalue weighted by atomic mass is 9.56. The first-order chi connectivity index (χ1) is 26.0. The zero-order valence-corrected chi connectivity index (χ0v) is 30.5. The minimum Gasteiger partial charge on any atom is -0.506 e. The van der Waals surface area contributed by atoms with Crippen LogP contribution in [0.2, 0.25) is 0 Å². The van der Waals surface area contributed by atoms with Crippen LogP contribution in [-0.2, 0) is 40.5 Å². The summed E-state index contributed by atoms with van der Waals surface area (Å²) >= 11 is 0. The van der Waals surface area contributed by atoms with Crippen LogP contribution in [0.25, 0.3) is 0 Å². The van der Waals surface area contributed by atoms with E-state index >= 15 is 0 Å². The van der Waals surface area contributed by atoms with Crippen molar-refractivity contribution in [2.24, 2.45) is 4.99 Å². The highest BCUT2D eigenvalue weighted by Gasteiger charge is 2.73. The predicted molar refractivity (Wildman–Crippen MR) is 183 cm³/mol. The molecule has 6 rings (SSSR count). The second kappa shape index (κ2) is 14.3. The highest BCUT2D eigenvalue weighted by atomic mass is 16.6. The quantitative estimate of drug-likeness (QED) is 0.214. The smallest absolute Gasteiger partial charge is 0.341 e. The average Bonchev–Trinajstić information content (AvgIpc) is 3.12. The van der Waals surface area contributed by atoms with Gasteiger partial charge in [0.05, 0.1) is 42.6 Å². The van der Waals surface area contributed by atoms with Gasteiger partial charge in [0.25, 0.3) is 0 Å². The number of nitrogens with zero attached hydrogens (tertiary/aromatic N) is 1. The number of aliphatic hydroxyl groups excluding tert-OH is 2. The molecule has 3 aliphatic carbocycles. The summed E-state index contributed by atoms with van der Waals surface area (Å²) in [5.74, 6) is -9.00. The summed E-state index contributed by atoms with van der Waals surface area (Å²) in [6.45, 7) is 2.89. The summed E-state index contributed by atoms with van der Waals surface area (Å²) in [6, 6.07) is 2.15. The normalized spacial score (nSPS) is 30.7. The van der Waals surface area contributed by atoms with E-state index in [1.807, 2.05) is 0 Å². The molecule has 0 amide bonds. The van der Waals surface area contributed by atoms with Gasteiger partial charge in [0.2, 0.25) is 17.3 Å². The Morgan fingerprint density at radius 2 is 1.67 bits per heavy atom. The van der Waals surface area contributed by atoms with Crippen LogP contribution in [0.15, 0.2) is 17.1 Å². The number of carboxylic acids is 1. The van der Waals surface area contributed by atoms with E-state index < -0.39 is 160 Å². The number of ketones is 4. The topological polar surface area (TPSA) is 271 Å². The second-order valence-corrected chi connectivity index (χ2v) is 13.6. The lowest BCUT2D eigenvalue weighted by Gasteiger charge is -2.53. The van der Waals surface area contributed by atoms with Gasteiger partial charge in [-0.2, -0.15) is 0 Å². The third-order valence-corrected chi connectivity index (χ3v) is 10.6. The first-order valence-electron chi connectivity index (χ1n) is 17.1. The first kappa shape index (κ1) is 39.7. The molecule has 1 fully saturated rings. The number of aliphatic hydroxyl groups is 3. The standard InChI is InChI=1S/C37H39NO17/c1-7-54-37-20(40)9-15-8-13(2)22(35(48)52-6)30(53-12-21(41)42)25(15)36(37,49)32(46)17-10-16-23(27(44)24(17)33(37)47)19(39)11-18(26(16)43)38-34-31(51-5)28(45)29(50-4)14(3)55-34/h8,10,14,20,28-29,31,34,40,44-45,49H,7,9,11-12H2,1-6H3,(H,41,42). The summed E-state index contributed by atoms with van der Waals surface area (Å²) in [4.78, 5) is 86.7. The fourth-order valence-electron chi connectivity index (χ4n) is 8.27. The Morgan fingerprint density at radius 3 is 2.27 bits per heavy atom. The number of benzene rings is 2. The molecule has 0 bridgehead atoms. The Bertz CT molecular complexity index is 2070. The number of methoxy groups -OCH3 is 3. The number of aromatic hydroxyl groups is 1. The Kier molecular flexibility index (Phi) is 10.3. The number of phenols is 1. The number of rotatable bonds is 9. The summed E-state index contributed by atoms with van der Waals surface area (Å²) in [5.41, 5.74) is -10.4. The van der Waals surface area contributed by atoms with Crippen molar-refractivity contribution >= 4 is 40.8 Å². The van der Waals surface area contributed by atoms with Crippen molar-refractivity contribution in [1.82, 2.24) is 0 Å². The number of aryl methyl sites for hydroxylation is 1. The summed E-state index contributed by atoms with van der Waals surface area (Å²) in [7, 11) is 3.65. The number of carbonyl (C=O) groups is 6. The number of aliphatic carboxylic acids is 1. The fraction of sp³-hybridized carbons (Fsp3) is 0.486. The zero-order chi connectivity index (χ0) is 40.5. The van der Waals surface area contributed by atoms with Gasteiger partial charge in [0.15, 0.2) is 29.8 Å². The molecule has 2 aromatic carbocycles. The van der Waals surface area contributed by atoms with E-state index in [4.69, 9.17) is 28.4 Å². The van der Waals surface area contributed by atoms with Crippen molar-refractivity contribution in [1.29, 1.82) is 0 Å². The summed E-state index contributed by atoms with van der Waals surface area (Å²) in [5, 5.41) is 56.6. The SMILES string of the molecule is CCOC12C(=O)c3c(cc4c(c3O)C(=O)CC(=NC3OC(C)C(OC)C(O)C3OC)C4=O)C(=O)C1(O)c1c(cc(C)c(C(=O)OC)c1OCC(=O)O)CC2O. The van der Waals surface area contributed by atoms with Crippen molar-refractivity contribution < 1.29 is 82.7 Å². The van der Waals surface area contributed by atoms with E-state index in [9.17, 15) is 54.3 Å². The molecule has 0 saturated carbocycles. The molecule has 0 spiro atoms. The van der Waals surface area contributed by atoms with E-state index in [0.29, 0.717) is 0 Å². The van der Waals surface area contributed by atoms with Crippen molar-refractivity contribution in [3.05, 3.63) is 56.6 Å². The number of aliphatic imine (C=N–C) groups is 1. The largest absolute Gasteiger partial charge is 0.506 e. The second-order valence-electron chi connectivity index (χ2n) is 13.6. The molecule has 18 nitrogen and oxygen atoms in total. The molecular formula is C37H39NO17. The number of hydrogen-bond donors (Lipinski definition) is 5. The average molecular weight is 770 g/mol. The first-order valence-corrected chi connectivity index (χ1v) is 17.1. The maximum atomic E-state index is 15.0. The zero-order valence-electron chi connectivity index (χ0n) is 30.5. The molecule has 0 radical (unpaired) electrons. The monoisotopic (exact) mass is 769 g/mol. The van der Waals surface area contributed by atoms with Gasteiger partial charge in [0, 0.05) is 43.9 Å². The van der Waals surface area contributed by atoms with Gasteiger partial charge in [-0.3, -0.25) is 24.2 Å². The summed E-state index contributed by atoms with van der Waals surface area (Å²) < 4.78 is 32.8. The molecule has 294 valence electrons. The van der Waals surface area contributed by atoms with Gasteiger partial charge in [0.1, 0.15) is 35.4 Å². The molecule has 2 aromatic rings. The number of ether oxygens (including phenoxy) is 6. The van der Waals surface area contributed by atoms with Gasteiger partial charge >= 0.3 is 11.9 Å². The Hall–Kier alpha value is -4.95. The number of fused-ring (bicyclic) bond motifs is 5. The van der Waals surface area contributed by atoms with Crippen molar-refractivity contribution in [2.45, 2.75) is 81.6 Å². The Morgan fingerprint density at radius 1 is 1.00 bits per heavy atom. The van der Waals surface area contributed by atoms with Crippen LogP contribution in [0.4, 0.5) is 0 Å². The minimum atomic E-state index is -3.31. The predicted octanol–water partition coefficient (Wildman–Crippen LogP) is 0.256. The molecule has 5 N–H and O–H groups in total. The van der Waals surface area contributed by atoms with Crippen LogP contribution >= 0.6 is 0 Å². The molecule has 4 aliphatic rings. The highest BCUT2D eigenvalue weighted by Crippen LogP contribution is 2.57. The number of esters is 1. The third-order valence-electron chi connectivity index (χ3n) is 10.6. The molecule has 8 atom stereocenters. The van der Waals surface area contributed by atoms with Crippen molar-refractivity contribution in [3.8, 4) is 11.5 Å². The molecular weight excluding hydrogens is 730 g/mol. The van der Waals surface area contributed by atoms with Crippen LogP contribution in [0.1, 0.15) is 88.7 Å². The van der Waals surface area contributed by atoms with Crippen LogP contribution in [0, 0.1) is 6.92 Å². The number of carboxylic acid groups (broad SMARTS) is 1. The van der Waals surface area contributed by atoms with E-state index in [1.165, 1.54) is 34.1 Å². The maximum Gasteiger partial charge on any atom is 0.341 e. The van der Waals surface area contributed by atoms with Gasteiger partial charge in [-0.05, 0) is 38.0 Å². The van der Waals surface area contributed by atoms with Crippen molar-refractivity contribution in [3.63, 3.8) is 0 Å². The third kappa shape index (κ3) is 5.62. The summed E-state index contributed by atoms with van der Waals surface area (Å²) in [6.07, 6.45) is -8.51. The lowest BCUT2D eigenvalue weighted by Crippen LogP contribution is -2.73. The van der Waals surface area contributed by atoms with Crippen molar-refractivity contribution in [2.75, 3.05) is 34.5 Å². The van der Waals surface area contributed by atoms with Crippen LogP contribution in [0.3, 0.4) is 0 Å². The number of phenolic OH excluding ortho intramolecular Hbond substituents is 1. The molecule has 1 saturated heterocycles. The fourth-order valence-corrected chi connectivity index (χ4v) is 8.27. The number of carbonyl (C=O) groups excluding carboxylic acids is 5. The molecule has 1 aliphatic heterocycles. The molecule has 1 heterocycles. The number of Topliss-reactive ketones (excluding diaryl/α,β-unsaturated/α-hetero) is 4. The van der Waals surface area contributed by atoms with Crippen LogP contribution in [0.5, 0.6) is 11.5 Å². The van der Waals surface area contributed by atoms with E-state index in [2.05, 4.69) is 4.99 Å².